The van der Waals surface area contributed by atoms with Crippen molar-refractivity contribution in [3.05, 3.63) is 52.9 Å². The highest BCUT2D eigenvalue weighted by Gasteiger charge is 2.31. The lowest BCUT2D eigenvalue weighted by Crippen LogP contribution is -2.51. The summed E-state index contributed by atoms with van der Waals surface area (Å²) < 4.78 is 43.7. The zero-order chi connectivity index (χ0) is 19.6. The minimum Gasteiger partial charge on any atom is -0.459 e. The van der Waals surface area contributed by atoms with E-state index >= 15 is 0 Å². The number of alkyl halides is 3. The van der Waals surface area contributed by atoms with Crippen LogP contribution in [0.2, 0.25) is 5.02 Å². The number of anilines is 1. The summed E-state index contributed by atoms with van der Waals surface area (Å²) >= 11 is 11.3. The standard InChI is InChI=1S/C17H15ClF3N3O2S/c18-12-4-3-11(17(19,20)21)10-13(12)22-16(27)24-7-5-23(6-8-24)15(25)14-2-1-9-26-14/h1-4,9-10H,5-8H2,(H,22,27). The summed E-state index contributed by atoms with van der Waals surface area (Å²) in [4.78, 5) is 15.7. The number of nitrogens with one attached hydrogen (secondary N) is 1. The number of thiocarbonyl (C=S) groups is 1. The Hall–Kier alpha value is -2.26. The van der Waals surface area contributed by atoms with Gasteiger partial charge in [0.05, 0.1) is 22.5 Å². The summed E-state index contributed by atoms with van der Waals surface area (Å²) in [6, 6.07) is 6.24. The molecule has 1 aromatic heterocycles. The van der Waals surface area contributed by atoms with Crippen molar-refractivity contribution in [2.24, 2.45) is 0 Å². The molecule has 1 aromatic carbocycles. The van der Waals surface area contributed by atoms with E-state index in [2.05, 4.69) is 5.32 Å². The van der Waals surface area contributed by atoms with Crippen molar-refractivity contribution >= 4 is 40.5 Å². The number of rotatable bonds is 2. The van der Waals surface area contributed by atoms with Crippen LogP contribution in [0.15, 0.2) is 41.0 Å². The van der Waals surface area contributed by atoms with Crippen molar-refractivity contribution < 1.29 is 22.4 Å². The van der Waals surface area contributed by atoms with Gasteiger partial charge in [0.25, 0.3) is 5.91 Å². The summed E-state index contributed by atoms with van der Waals surface area (Å²) in [6.45, 7) is 1.71. The van der Waals surface area contributed by atoms with E-state index in [-0.39, 0.29) is 27.5 Å². The molecule has 0 spiro atoms. The molecule has 1 aliphatic heterocycles. The third-order valence-electron chi connectivity index (χ3n) is 4.12. The summed E-state index contributed by atoms with van der Waals surface area (Å²) in [7, 11) is 0. The van der Waals surface area contributed by atoms with Crippen molar-refractivity contribution in [3.63, 3.8) is 0 Å². The molecule has 0 aliphatic carbocycles. The van der Waals surface area contributed by atoms with Crippen molar-refractivity contribution in [2.75, 3.05) is 31.5 Å². The van der Waals surface area contributed by atoms with Gasteiger partial charge in [-0.05, 0) is 42.5 Å². The number of benzene rings is 1. The number of hydrogen-bond acceptors (Lipinski definition) is 3. The van der Waals surface area contributed by atoms with Crippen LogP contribution in [0, 0.1) is 0 Å². The average molecular weight is 418 g/mol. The van der Waals surface area contributed by atoms with Crippen LogP contribution in [-0.4, -0.2) is 47.0 Å². The molecule has 3 rings (SSSR count). The van der Waals surface area contributed by atoms with Gasteiger partial charge < -0.3 is 19.5 Å². The van der Waals surface area contributed by atoms with Crippen molar-refractivity contribution in [1.82, 2.24) is 9.80 Å². The van der Waals surface area contributed by atoms with E-state index in [1.807, 2.05) is 0 Å². The second-order valence-electron chi connectivity index (χ2n) is 5.88. The Morgan fingerprint density at radius 2 is 1.81 bits per heavy atom. The van der Waals surface area contributed by atoms with Crippen LogP contribution >= 0.6 is 23.8 Å². The van der Waals surface area contributed by atoms with Gasteiger partial charge in [-0.25, -0.2) is 0 Å². The Kier molecular flexibility index (Phi) is 5.61. The molecule has 0 atom stereocenters. The molecule has 0 radical (unpaired) electrons. The molecule has 0 unspecified atom stereocenters. The zero-order valence-electron chi connectivity index (χ0n) is 13.9. The molecule has 2 aromatic rings. The topological polar surface area (TPSA) is 48.7 Å². The highest BCUT2D eigenvalue weighted by molar-refractivity contribution is 7.80. The zero-order valence-corrected chi connectivity index (χ0v) is 15.5. The number of hydrogen-bond donors (Lipinski definition) is 1. The Labute approximate surface area is 163 Å². The van der Waals surface area contributed by atoms with Crippen molar-refractivity contribution in [1.29, 1.82) is 0 Å². The van der Waals surface area contributed by atoms with Crippen molar-refractivity contribution in [3.8, 4) is 0 Å². The maximum atomic E-state index is 12.9. The lowest BCUT2D eigenvalue weighted by atomic mass is 10.2. The Balaban J connectivity index is 1.61. The summed E-state index contributed by atoms with van der Waals surface area (Å²) in [5.74, 6) is 0.0550. The molecule has 144 valence electrons. The quantitative estimate of drug-likeness (QED) is 0.745. The highest BCUT2D eigenvalue weighted by atomic mass is 35.5. The molecule has 1 aliphatic rings. The van der Waals surface area contributed by atoms with Gasteiger partial charge in [-0.15, -0.1) is 0 Å². The maximum Gasteiger partial charge on any atom is 0.416 e. The molecule has 27 heavy (non-hydrogen) atoms. The Bertz CT molecular complexity index is 834. The smallest absolute Gasteiger partial charge is 0.416 e. The lowest BCUT2D eigenvalue weighted by Gasteiger charge is -2.36. The van der Waals surface area contributed by atoms with Gasteiger partial charge in [0.2, 0.25) is 0 Å². The minimum atomic E-state index is -4.47. The molecule has 1 fully saturated rings. The normalized spacial score (nSPS) is 15.0. The van der Waals surface area contributed by atoms with Crippen LogP contribution in [0.25, 0.3) is 0 Å². The van der Waals surface area contributed by atoms with Crippen LogP contribution in [-0.2, 0) is 6.18 Å². The largest absolute Gasteiger partial charge is 0.459 e. The van der Waals surface area contributed by atoms with E-state index in [4.69, 9.17) is 28.2 Å². The first-order valence-electron chi connectivity index (χ1n) is 8.01. The molecule has 2 heterocycles. The maximum absolute atomic E-state index is 12.9. The molecule has 1 amide bonds. The highest BCUT2D eigenvalue weighted by Crippen LogP contribution is 2.34. The van der Waals surface area contributed by atoms with E-state index in [1.165, 1.54) is 12.3 Å². The fourth-order valence-electron chi connectivity index (χ4n) is 2.66. The molecular formula is C17H15ClF3N3O2S. The predicted molar refractivity (Wildman–Crippen MR) is 98.9 cm³/mol. The summed E-state index contributed by atoms with van der Waals surface area (Å²) in [6.07, 6.45) is -3.04. The molecular weight excluding hydrogens is 403 g/mol. The summed E-state index contributed by atoms with van der Waals surface area (Å²) in [5.41, 5.74) is -0.725. The van der Waals surface area contributed by atoms with Gasteiger partial charge in [-0.3, -0.25) is 4.79 Å². The summed E-state index contributed by atoms with van der Waals surface area (Å²) in [5, 5.41) is 3.15. The second kappa shape index (κ2) is 7.77. The van der Waals surface area contributed by atoms with E-state index in [0.717, 1.165) is 12.1 Å². The third kappa shape index (κ3) is 4.54. The van der Waals surface area contributed by atoms with Gasteiger partial charge in [0, 0.05) is 26.2 Å². The molecule has 5 nitrogen and oxygen atoms in total. The van der Waals surface area contributed by atoms with E-state index in [1.54, 1.807) is 21.9 Å². The van der Waals surface area contributed by atoms with Crippen LogP contribution in [0.5, 0.6) is 0 Å². The van der Waals surface area contributed by atoms with Gasteiger partial charge >= 0.3 is 6.18 Å². The first kappa shape index (κ1) is 19.5. The number of nitrogens with zero attached hydrogens (tertiary/aromatic N) is 2. The Morgan fingerprint density at radius 3 is 2.41 bits per heavy atom. The van der Waals surface area contributed by atoms with Crippen LogP contribution in [0.3, 0.4) is 0 Å². The second-order valence-corrected chi connectivity index (χ2v) is 6.67. The number of furan rings is 1. The molecule has 0 bridgehead atoms. The van der Waals surface area contributed by atoms with Crippen LogP contribution in [0.1, 0.15) is 16.1 Å². The van der Waals surface area contributed by atoms with E-state index in [0.29, 0.717) is 26.2 Å². The first-order chi connectivity index (χ1) is 12.8. The van der Waals surface area contributed by atoms with Crippen molar-refractivity contribution in [2.45, 2.75) is 6.18 Å². The molecule has 10 heteroatoms. The van der Waals surface area contributed by atoms with Crippen LogP contribution < -0.4 is 5.32 Å². The Morgan fingerprint density at radius 1 is 1.15 bits per heavy atom. The lowest BCUT2D eigenvalue weighted by molar-refractivity contribution is -0.137. The number of carbonyl (C=O) groups is 1. The van der Waals surface area contributed by atoms with E-state index < -0.39 is 11.7 Å². The van der Waals surface area contributed by atoms with E-state index in [9.17, 15) is 18.0 Å². The fourth-order valence-corrected chi connectivity index (χ4v) is 3.12. The van der Waals surface area contributed by atoms with Gasteiger partial charge in [0.1, 0.15) is 0 Å². The van der Waals surface area contributed by atoms with Gasteiger partial charge in [-0.2, -0.15) is 13.2 Å². The monoisotopic (exact) mass is 417 g/mol. The van der Waals surface area contributed by atoms with Crippen LogP contribution in [0.4, 0.5) is 18.9 Å². The SMILES string of the molecule is O=C(c1ccco1)N1CCN(C(=S)Nc2cc(C(F)(F)F)ccc2Cl)CC1. The number of halogens is 4. The minimum absolute atomic E-state index is 0.0885. The first-order valence-corrected chi connectivity index (χ1v) is 8.80. The number of piperazine rings is 1. The number of carbonyl (C=O) groups excluding carboxylic acids is 1. The average Bonchev–Trinajstić information content (AvgIpc) is 3.16. The predicted octanol–water partition coefficient (Wildman–Crippen LogP) is 4.11. The molecule has 1 N–H and O–H groups in total. The molecule has 0 saturated carbocycles. The van der Waals surface area contributed by atoms with Gasteiger partial charge in [0.15, 0.2) is 10.9 Å². The number of amides is 1. The molecule has 1 saturated heterocycles. The fraction of sp³-hybridized carbons (Fsp3) is 0.294. The third-order valence-corrected chi connectivity index (χ3v) is 4.81. The van der Waals surface area contributed by atoms with Gasteiger partial charge in [-0.1, -0.05) is 11.6 Å².